The summed E-state index contributed by atoms with van der Waals surface area (Å²) in [6, 6.07) is 5.43. The lowest BCUT2D eigenvalue weighted by Crippen LogP contribution is -2.36. The standard InChI is InChI=1S/C19H22N6O/c1-13-6-11-21-24(13)14(2)19(26)23-17-4-3-5-18-16(17)12-22-25(18)15-7-9-20-10-8-15/h6-12,14,17H,3-5H2,1-2H3,(H,23,26)/t14-,17-/m0/s1. The fourth-order valence-electron chi connectivity index (χ4n) is 3.60. The van der Waals surface area contributed by atoms with Gasteiger partial charge in [0.1, 0.15) is 6.04 Å². The van der Waals surface area contributed by atoms with Gasteiger partial charge >= 0.3 is 0 Å². The highest BCUT2D eigenvalue weighted by atomic mass is 16.2. The fourth-order valence-corrected chi connectivity index (χ4v) is 3.60. The van der Waals surface area contributed by atoms with Gasteiger partial charge in [0.05, 0.1) is 17.9 Å². The number of rotatable bonds is 4. The molecule has 0 fully saturated rings. The summed E-state index contributed by atoms with van der Waals surface area (Å²) in [7, 11) is 0. The van der Waals surface area contributed by atoms with E-state index in [9.17, 15) is 4.79 Å². The van der Waals surface area contributed by atoms with Crippen LogP contribution in [0.4, 0.5) is 0 Å². The Morgan fingerprint density at radius 2 is 2.04 bits per heavy atom. The highest BCUT2D eigenvalue weighted by molar-refractivity contribution is 5.80. The van der Waals surface area contributed by atoms with Gasteiger partial charge in [-0.25, -0.2) is 4.68 Å². The SMILES string of the molecule is Cc1ccnn1[C@@H](C)C(=O)N[C@H]1CCCc2c1cnn2-c1ccncc1. The Labute approximate surface area is 152 Å². The molecule has 4 rings (SSSR count). The topological polar surface area (TPSA) is 77.6 Å². The van der Waals surface area contributed by atoms with E-state index in [1.807, 2.05) is 42.9 Å². The molecular weight excluding hydrogens is 328 g/mol. The van der Waals surface area contributed by atoms with Crippen LogP contribution in [0, 0.1) is 6.92 Å². The number of nitrogens with one attached hydrogen (secondary N) is 1. The average Bonchev–Trinajstić information content (AvgIpc) is 3.28. The Morgan fingerprint density at radius 3 is 2.77 bits per heavy atom. The maximum Gasteiger partial charge on any atom is 0.245 e. The lowest BCUT2D eigenvalue weighted by atomic mass is 9.92. The Hall–Kier alpha value is -2.96. The van der Waals surface area contributed by atoms with E-state index < -0.39 is 0 Å². The van der Waals surface area contributed by atoms with E-state index >= 15 is 0 Å². The molecule has 26 heavy (non-hydrogen) atoms. The van der Waals surface area contributed by atoms with Gasteiger partial charge in [0, 0.05) is 35.5 Å². The summed E-state index contributed by atoms with van der Waals surface area (Å²) in [6.45, 7) is 3.83. The molecular formula is C19H22N6O. The summed E-state index contributed by atoms with van der Waals surface area (Å²) in [5, 5.41) is 12.0. The van der Waals surface area contributed by atoms with Gasteiger partial charge in [-0.15, -0.1) is 0 Å². The van der Waals surface area contributed by atoms with Crippen molar-refractivity contribution < 1.29 is 4.79 Å². The predicted molar refractivity (Wildman–Crippen MR) is 96.9 cm³/mol. The minimum atomic E-state index is -0.342. The number of carbonyl (C=O) groups is 1. The zero-order valence-corrected chi connectivity index (χ0v) is 15.0. The molecule has 0 radical (unpaired) electrons. The monoisotopic (exact) mass is 350 g/mol. The third-order valence-electron chi connectivity index (χ3n) is 5.02. The van der Waals surface area contributed by atoms with Crippen molar-refractivity contribution >= 4 is 5.91 Å². The number of hydrogen-bond donors (Lipinski definition) is 1. The quantitative estimate of drug-likeness (QED) is 0.784. The number of fused-ring (bicyclic) bond motifs is 1. The number of pyridine rings is 1. The Kier molecular flexibility index (Phi) is 4.28. The van der Waals surface area contributed by atoms with Crippen molar-refractivity contribution in [1.29, 1.82) is 0 Å². The van der Waals surface area contributed by atoms with Crippen molar-refractivity contribution in [1.82, 2.24) is 29.9 Å². The molecule has 3 aromatic heterocycles. The van der Waals surface area contributed by atoms with E-state index in [1.54, 1.807) is 23.3 Å². The van der Waals surface area contributed by atoms with Crippen molar-refractivity contribution in [3.63, 3.8) is 0 Å². The Bertz CT molecular complexity index is 913. The van der Waals surface area contributed by atoms with Crippen LogP contribution in [0.1, 0.15) is 48.8 Å². The maximum absolute atomic E-state index is 12.7. The molecule has 0 bridgehead atoms. The lowest BCUT2D eigenvalue weighted by Gasteiger charge is -2.26. The molecule has 3 heterocycles. The molecule has 0 unspecified atom stereocenters. The van der Waals surface area contributed by atoms with E-state index in [1.165, 1.54) is 0 Å². The summed E-state index contributed by atoms with van der Waals surface area (Å²) in [5.41, 5.74) is 4.23. The van der Waals surface area contributed by atoms with Gasteiger partial charge < -0.3 is 5.32 Å². The highest BCUT2D eigenvalue weighted by Crippen LogP contribution is 2.31. The lowest BCUT2D eigenvalue weighted by molar-refractivity contribution is -0.125. The normalized spacial score (nSPS) is 17.5. The molecule has 1 amide bonds. The van der Waals surface area contributed by atoms with Crippen LogP contribution in [-0.4, -0.2) is 30.5 Å². The first-order chi connectivity index (χ1) is 12.6. The molecule has 7 heteroatoms. The summed E-state index contributed by atoms with van der Waals surface area (Å²) in [4.78, 5) is 16.8. The van der Waals surface area contributed by atoms with Crippen LogP contribution < -0.4 is 5.32 Å². The molecule has 1 N–H and O–H groups in total. The predicted octanol–water partition coefficient (Wildman–Crippen LogP) is 2.53. The van der Waals surface area contributed by atoms with Gasteiger partial charge in [0.15, 0.2) is 0 Å². The van der Waals surface area contributed by atoms with Gasteiger partial charge in [-0.05, 0) is 51.3 Å². The molecule has 134 valence electrons. The second-order valence-corrected chi connectivity index (χ2v) is 6.71. The number of aryl methyl sites for hydroxylation is 1. The van der Waals surface area contributed by atoms with Crippen molar-refractivity contribution in [2.45, 2.75) is 45.2 Å². The summed E-state index contributed by atoms with van der Waals surface area (Å²) in [6.07, 6.45) is 10.0. The maximum atomic E-state index is 12.7. The molecule has 1 aliphatic rings. The molecule has 0 saturated heterocycles. The number of nitrogens with zero attached hydrogens (tertiary/aromatic N) is 5. The van der Waals surface area contributed by atoms with Crippen LogP contribution in [0.25, 0.3) is 5.69 Å². The zero-order valence-electron chi connectivity index (χ0n) is 15.0. The highest BCUT2D eigenvalue weighted by Gasteiger charge is 2.28. The van der Waals surface area contributed by atoms with E-state index in [0.717, 1.165) is 41.9 Å². The minimum absolute atomic E-state index is 0.0137. The van der Waals surface area contributed by atoms with Gasteiger partial charge in [-0.2, -0.15) is 10.2 Å². The first-order valence-electron chi connectivity index (χ1n) is 8.93. The Morgan fingerprint density at radius 1 is 1.23 bits per heavy atom. The van der Waals surface area contributed by atoms with Crippen molar-refractivity contribution in [2.24, 2.45) is 0 Å². The fraction of sp³-hybridized carbons (Fsp3) is 0.368. The second-order valence-electron chi connectivity index (χ2n) is 6.71. The van der Waals surface area contributed by atoms with Crippen molar-refractivity contribution in [2.75, 3.05) is 0 Å². The molecule has 0 aliphatic heterocycles. The van der Waals surface area contributed by atoms with E-state index in [0.29, 0.717) is 0 Å². The smallest absolute Gasteiger partial charge is 0.245 e. The number of aromatic nitrogens is 5. The molecule has 7 nitrogen and oxygen atoms in total. The van der Waals surface area contributed by atoms with Gasteiger partial charge in [0.25, 0.3) is 0 Å². The first-order valence-corrected chi connectivity index (χ1v) is 8.93. The van der Waals surface area contributed by atoms with Gasteiger partial charge in [0.2, 0.25) is 5.91 Å². The summed E-state index contributed by atoms with van der Waals surface area (Å²) in [5.74, 6) is -0.0219. The van der Waals surface area contributed by atoms with Crippen molar-refractivity contribution in [3.8, 4) is 5.69 Å². The van der Waals surface area contributed by atoms with E-state index in [4.69, 9.17) is 0 Å². The average molecular weight is 350 g/mol. The molecule has 2 atom stereocenters. The molecule has 0 saturated carbocycles. The third-order valence-corrected chi connectivity index (χ3v) is 5.02. The molecule has 0 spiro atoms. The summed E-state index contributed by atoms with van der Waals surface area (Å²) >= 11 is 0. The van der Waals surface area contributed by atoms with Crippen LogP contribution in [0.5, 0.6) is 0 Å². The van der Waals surface area contributed by atoms with Crippen molar-refractivity contribution in [3.05, 3.63) is 59.9 Å². The number of carbonyl (C=O) groups excluding carboxylic acids is 1. The van der Waals surface area contributed by atoms with Crippen LogP contribution >= 0.6 is 0 Å². The number of amides is 1. The minimum Gasteiger partial charge on any atom is -0.347 e. The molecule has 0 aromatic carbocycles. The summed E-state index contributed by atoms with van der Waals surface area (Å²) < 4.78 is 3.70. The molecule has 1 aliphatic carbocycles. The van der Waals surface area contributed by atoms with Gasteiger partial charge in [-0.1, -0.05) is 0 Å². The molecule has 3 aromatic rings. The van der Waals surface area contributed by atoms with Crippen LogP contribution in [0.3, 0.4) is 0 Å². The van der Waals surface area contributed by atoms with Gasteiger partial charge in [-0.3, -0.25) is 14.5 Å². The number of hydrogen-bond acceptors (Lipinski definition) is 4. The van der Waals surface area contributed by atoms with E-state index in [-0.39, 0.29) is 18.0 Å². The van der Waals surface area contributed by atoms with Crippen LogP contribution in [0.15, 0.2) is 43.0 Å². The first kappa shape index (κ1) is 16.5. The van der Waals surface area contributed by atoms with Crippen LogP contribution in [0.2, 0.25) is 0 Å². The zero-order chi connectivity index (χ0) is 18.1. The third kappa shape index (κ3) is 2.89. The largest absolute Gasteiger partial charge is 0.347 e. The second kappa shape index (κ2) is 6.74. The van der Waals surface area contributed by atoms with Crippen LogP contribution in [-0.2, 0) is 11.2 Å². The Balaban J connectivity index is 1.56. The van der Waals surface area contributed by atoms with E-state index in [2.05, 4.69) is 20.5 Å².